The third kappa shape index (κ3) is 4.71. The molecule has 7 nitrogen and oxygen atoms in total. The van der Waals surface area contributed by atoms with Crippen LogP contribution in [0, 0.1) is 17.0 Å². The Bertz CT molecular complexity index is 1130. The molecular formula is C18H12Cl2F3N5O2. The van der Waals surface area contributed by atoms with Crippen LogP contribution < -0.4 is 10.6 Å². The Morgan fingerprint density at radius 1 is 1.03 bits per heavy atom. The average molecular weight is 458 g/mol. The van der Waals surface area contributed by atoms with Gasteiger partial charge in [-0.3, -0.25) is 10.1 Å². The van der Waals surface area contributed by atoms with E-state index in [1.54, 1.807) is 25.1 Å². The maximum atomic E-state index is 13.1. The lowest BCUT2D eigenvalue weighted by Gasteiger charge is -2.13. The molecule has 12 heteroatoms. The Labute approximate surface area is 178 Å². The molecule has 0 fully saturated rings. The molecule has 0 aliphatic rings. The molecule has 3 aromatic rings. The zero-order valence-electron chi connectivity index (χ0n) is 15.1. The van der Waals surface area contributed by atoms with Crippen LogP contribution in [0.15, 0.2) is 42.7 Å². The largest absolute Gasteiger partial charge is 0.417 e. The van der Waals surface area contributed by atoms with Crippen LogP contribution >= 0.6 is 23.2 Å². The molecule has 0 bridgehead atoms. The summed E-state index contributed by atoms with van der Waals surface area (Å²) >= 11 is 11.6. The first-order valence-corrected chi connectivity index (χ1v) is 8.98. The minimum Gasteiger partial charge on any atom is -0.334 e. The predicted molar refractivity (Wildman–Crippen MR) is 108 cm³/mol. The van der Waals surface area contributed by atoms with Crippen molar-refractivity contribution in [3.05, 3.63) is 74.0 Å². The lowest BCUT2D eigenvalue weighted by molar-refractivity contribution is -0.383. The normalized spacial score (nSPS) is 11.3. The number of nitrogens with zero attached hydrogens (tertiary/aromatic N) is 3. The lowest BCUT2D eigenvalue weighted by Crippen LogP contribution is -2.08. The number of anilines is 4. The topological polar surface area (TPSA) is 93.0 Å². The van der Waals surface area contributed by atoms with E-state index in [1.807, 2.05) is 0 Å². The van der Waals surface area contributed by atoms with E-state index < -0.39 is 27.4 Å². The van der Waals surface area contributed by atoms with Crippen molar-refractivity contribution >= 4 is 51.9 Å². The fourth-order valence-electron chi connectivity index (χ4n) is 2.55. The van der Waals surface area contributed by atoms with Crippen molar-refractivity contribution in [2.24, 2.45) is 0 Å². The minimum atomic E-state index is -4.69. The Balaban J connectivity index is 2.02. The van der Waals surface area contributed by atoms with Crippen LogP contribution in [0.2, 0.25) is 10.0 Å². The van der Waals surface area contributed by atoms with Crippen molar-refractivity contribution in [2.45, 2.75) is 13.1 Å². The van der Waals surface area contributed by atoms with Gasteiger partial charge in [-0.1, -0.05) is 29.3 Å². The molecule has 0 radical (unpaired) electrons. The van der Waals surface area contributed by atoms with Crippen LogP contribution in [0.5, 0.6) is 0 Å². The van der Waals surface area contributed by atoms with Crippen LogP contribution in [-0.4, -0.2) is 14.9 Å². The van der Waals surface area contributed by atoms with E-state index in [1.165, 1.54) is 6.07 Å². The van der Waals surface area contributed by atoms with Gasteiger partial charge in [-0.05, 0) is 42.8 Å². The molecule has 1 heterocycles. The van der Waals surface area contributed by atoms with Crippen LogP contribution in [0.25, 0.3) is 0 Å². The van der Waals surface area contributed by atoms with Gasteiger partial charge in [0.2, 0.25) is 11.6 Å². The number of alkyl halides is 3. The smallest absolute Gasteiger partial charge is 0.334 e. The number of benzene rings is 2. The molecule has 0 unspecified atom stereocenters. The quantitative estimate of drug-likeness (QED) is 0.335. The molecule has 0 amide bonds. The van der Waals surface area contributed by atoms with Gasteiger partial charge in [-0.25, -0.2) is 9.97 Å². The van der Waals surface area contributed by atoms with E-state index >= 15 is 0 Å². The number of hydrogen-bond donors (Lipinski definition) is 2. The van der Waals surface area contributed by atoms with Gasteiger partial charge in [-0.15, -0.1) is 0 Å². The summed E-state index contributed by atoms with van der Waals surface area (Å²) in [5.74, 6) is -0.458. The monoisotopic (exact) mass is 457 g/mol. The molecule has 3 rings (SSSR count). The highest BCUT2D eigenvalue weighted by atomic mass is 35.5. The van der Waals surface area contributed by atoms with Gasteiger partial charge in [0.1, 0.15) is 6.33 Å². The highest BCUT2D eigenvalue weighted by molar-refractivity contribution is 6.31. The molecule has 1 aromatic heterocycles. The van der Waals surface area contributed by atoms with Crippen LogP contribution in [0.4, 0.5) is 41.9 Å². The van der Waals surface area contributed by atoms with Crippen molar-refractivity contribution in [1.29, 1.82) is 0 Å². The standard InChI is InChI=1S/C18H12Cl2F3N5O2/c1-9-2-3-10(19)6-14(9)27-17-15(28(29)30)16(24-8-25-17)26-11-4-5-13(20)12(7-11)18(21,22)23/h2-8H,1H3,(H2,24,25,26,27). The summed E-state index contributed by atoms with van der Waals surface area (Å²) in [6, 6.07) is 7.95. The Morgan fingerprint density at radius 2 is 1.70 bits per heavy atom. The molecule has 2 N–H and O–H groups in total. The number of rotatable bonds is 5. The summed E-state index contributed by atoms with van der Waals surface area (Å²) < 4.78 is 39.3. The molecule has 156 valence electrons. The molecular weight excluding hydrogens is 446 g/mol. The van der Waals surface area contributed by atoms with Gasteiger partial charge in [-0.2, -0.15) is 13.2 Å². The lowest BCUT2D eigenvalue weighted by atomic mass is 10.2. The molecule has 30 heavy (non-hydrogen) atoms. The summed E-state index contributed by atoms with van der Waals surface area (Å²) in [5.41, 5.74) is -0.506. The van der Waals surface area contributed by atoms with Crippen LogP contribution in [0.1, 0.15) is 11.1 Å². The van der Waals surface area contributed by atoms with Gasteiger partial charge < -0.3 is 10.6 Å². The molecule has 0 aliphatic carbocycles. The van der Waals surface area contributed by atoms with Gasteiger partial charge >= 0.3 is 11.9 Å². The number of nitro groups is 1. The molecule has 0 atom stereocenters. The third-order valence-electron chi connectivity index (χ3n) is 3.99. The van der Waals surface area contributed by atoms with E-state index in [-0.39, 0.29) is 17.3 Å². The van der Waals surface area contributed by atoms with E-state index in [9.17, 15) is 23.3 Å². The van der Waals surface area contributed by atoms with Gasteiger partial charge in [0.15, 0.2) is 0 Å². The molecule has 0 aliphatic heterocycles. The molecule has 0 saturated heterocycles. The van der Waals surface area contributed by atoms with E-state index in [0.29, 0.717) is 10.7 Å². The van der Waals surface area contributed by atoms with Gasteiger partial charge in [0.25, 0.3) is 0 Å². The second kappa shape index (κ2) is 8.33. The number of halogens is 5. The summed E-state index contributed by atoms with van der Waals surface area (Å²) in [6.07, 6.45) is -3.65. The Kier molecular flexibility index (Phi) is 5.99. The second-order valence-corrected chi connectivity index (χ2v) is 6.92. The predicted octanol–water partition coefficient (Wildman–Crippen LogP) is 6.51. The summed E-state index contributed by atoms with van der Waals surface area (Å²) in [7, 11) is 0. The summed E-state index contributed by atoms with van der Waals surface area (Å²) in [6.45, 7) is 1.76. The summed E-state index contributed by atoms with van der Waals surface area (Å²) in [5, 5.41) is 16.9. The van der Waals surface area contributed by atoms with Crippen LogP contribution in [-0.2, 0) is 6.18 Å². The average Bonchev–Trinajstić information content (AvgIpc) is 2.65. The maximum Gasteiger partial charge on any atom is 0.417 e. The van der Waals surface area contributed by atoms with Gasteiger partial charge in [0.05, 0.1) is 15.5 Å². The Hall–Kier alpha value is -3.11. The van der Waals surface area contributed by atoms with Crippen molar-refractivity contribution in [1.82, 2.24) is 9.97 Å². The maximum absolute atomic E-state index is 13.1. The fourth-order valence-corrected chi connectivity index (χ4v) is 2.94. The molecule has 0 spiro atoms. The number of nitrogens with one attached hydrogen (secondary N) is 2. The zero-order valence-corrected chi connectivity index (χ0v) is 16.6. The fraction of sp³-hybridized carbons (Fsp3) is 0.111. The minimum absolute atomic E-state index is 0.0848. The SMILES string of the molecule is Cc1ccc(Cl)cc1Nc1ncnc(Nc2ccc(Cl)c(C(F)(F)F)c2)c1[N+](=O)[O-]. The Morgan fingerprint density at radius 3 is 2.33 bits per heavy atom. The van der Waals surface area contributed by atoms with E-state index in [4.69, 9.17) is 23.2 Å². The first-order valence-electron chi connectivity index (χ1n) is 8.22. The number of aromatic nitrogens is 2. The molecule has 0 saturated carbocycles. The summed E-state index contributed by atoms with van der Waals surface area (Å²) in [4.78, 5) is 18.6. The van der Waals surface area contributed by atoms with Gasteiger partial charge in [0, 0.05) is 16.4 Å². The first-order chi connectivity index (χ1) is 14.1. The highest BCUT2D eigenvalue weighted by Crippen LogP contribution is 2.38. The van der Waals surface area contributed by atoms with Crippen molar-refractivity contribution in [3.63, 3.8) is 0 Å². The number of hydrogen-bond acceptors (Lipinski definition) is 6. The third-order valence-corrected chi connectivity index (χ3v) is 4.56. The number of aryl methyl sites for hydroxylation is 1. The van der Waals surface area contributed by atoms with Crippen molar-refractivity contribution in [3.8, 4) is 0 Å². The van der Waals surface area contributed by atoms with Crippen LogP contribution in [0.3, 0.4) is 0 Å². The highest BCUT2D eigenvalue weighted by Gasteiger charge is 2.33. The van der Waals surface area contributed by atoms with Crippen molar-refractivity contribution < 1.29 is 18.1 Å². The van der Waals surface area contributed by atoms with E-state index in [2.05, 4.69) is 20.6 Å². The van der Waals surface area contributed by atoms with E-state index in [0.717, 1.165) is 24.0 Å². The van der Waals surface area contributed by atoms with Crippen molar-refractivity contribution in [2.75, 3.05) is 10.6 Å². The zero-order chi connectivity index (χ0) is 22.1. The second-order valence-electron chi connectivity index (χ2n) is 6.08. The molecule has 2 aromatic carbocycles. The first kappa shape index (κ1) is 21.6.